The van der Waals surface area contributed by atoms with Gasteiger partial charge in [-0.2, -0.15) is 0 Å². The van der Waals surface area contributed by atoms with Gasteiger partial charge < -0.3 is 10.2 Å². The van der Waals surface area contributed by atoms with E-state index in [2.05, 4.69) is 9.62 Å². The number of hydrogen-bond donors (Lipinski definition) is 1. The van der Waals surface area contributed by atoms with Gasteiger partial charge in [-0.15, -0.1) is 0 Å². The van der Waals surface area contributed by atoms with E-state index >= 15 is 0 Å². The number of hydrogen-bond acceptors (Lipinski definition) is 4. The molecule has 2 rings (SSSR count). The molecule has 0 aliphatic carbocycles. The average Bonchev–Trinajstić information content (AvgIpc) is 2.60. The van der Waals surface area contributed by atoms with Crippen LogP contribution >= 0.6 is 23.5 Å². The van der Waals surface area contributed by atoms with Gasteiger partial charge in [0.05, 0.1) is 11.6 Å². The summed E-state index contributed by atoms with van der Waals surface area (Å²) < 4.78 is 15.2. The van der Waals surface area contributed by atoms with E-state index in [1.165, 1.54) is 30.4 Å². The summed E-state index contributed by atoms with van der Waals surface area (Å²) in [6.45, 7) is 2.95. The lowest BCUT2D eigenvalue weighted by Crippen LogP contribution is -2.49. The van der Waals surface area contributed by atoms with Crippen LogP contribution in [0.5, 0.6) is 0 Å². The first-order valence-corrected chi connectivity index (χ1v) is 9.03. The summed E-state index contributed by atoms with van der Waals surface area (Å²) in [5.74, 6) is -0.987. The van der Waals surface area contributed by atoms with Crippen molar-refractivity contribution in [2.24, 2.45) is 0 Å². The van der Waals surface area contributed by atoms with Gasteiger partial charge in [0.25, 0.3) is 0 Å². The Kier molecular flexibility index (Phi) is 7.08. The van der Waals surface area contributed by atoms with Crippen molar-refractivity contribution < 1.29 is 14.0 Å². The molecule has 1 fully saturated rings. The van der Waals surface area contributed by atoms with Crippen LogP contribution in [0.4, 0.5) is 4.39 Å². The molecule has 24 heavy (non-hydrogen) atoms. The highest BCUT2D eigenvalue weighted by atomic mass is 35.5. The second kappa shape index (κ2) is 9.05. The first-order valence-electron chi connectivity index (χ1n) is 7.47. The van der Waals surface area contributed by atoms with Gasteiger partial charge in [-0.25, -0.2) is 8.70 Å². The fourth-order valence-electron chi connectivity index (χ4n) is 2.24. The van der Waals surface area contributed by atoms with Crippen LogP contribution in [0, 0.1) is 5.82 Å². The Bertz CT molecular complexity index is 634. The summed E-state index contributed by atoms with van der Waals surface area (Å²) in [6, 6.07) is 4.18. The minimum Gasteiger partial charge on any atom is -0.343 e. The van der Waals surface area contributed by atoms with E-state index in [0.717, 1.165) is 13.1 Å². The monoisotopic (exact) mass is 371 g/mol. The van der Waals surface area contributed by atoms with E-state index in [4.69, 9.17) is 11.6 Å². The van der Waals surface area contributed by atoms with Crippen molar-refractivity contribution in [1.29, 1.82) is 0 Å². The van der Waals surface area contributed by atoms with Crippen molar-refractivity contribution in [2.75, 3.05) is 39.0 Å². The number of piperazine rings is 1. The van der Waals surface area contributed by atoms with Gasteiger partial charge in [-0.3, -0.25) is 9.59 Å². The highest BCUT2D eigenvalue weighted by molar-refractivity contribution is 7.96. The van der Waals surface area contributed by atoms with Crippen molar-refractivity contribution >= 4 is 41.4 Å². The molecule has 1 heterocycles. The van der Waals surface area contributed by atoms with Gasteiger partial charge >= 0.3 is 0 Å². The molecule has 5 nitrogen and oxygen atoms in total. The molecule has 0 spiro atoms. The van der Waals surface area contributed by atoms with Crippen LogP contribution in [-0.4, -0.2) is 60.0 Å². The lowest BCUT2D eigenvalue weighted by atomic mass is 10.2. The maximum Gasteiger partial charge on any atom is 0.244 e. The van der Waals surface area contributed by atoms with E-state index in [9.17, 15) is 14.0 Å². The number of carbonyl (C=O) groups is 2. The predicted octanol–water partition coefficient (Wildman–Crippen LogP) is 2.03. The molecule has 0 unspecified atom stereocenters. The maximum atomic E-state index is 13.0. The third kappa shape index (κ3) is 5.51. The topological polar surface area (TPSA) is 52.6 Å². The van der Waals surface area contributed by atoms with Gasteiger partial charge in [-0.05, 0) is 30.0 Å². The Balaban J connectivity index is 1.77. The number of benzene rings is 1. The van der Waals surface area contributed by atoms with Crippen molar-refractivity contribution in [1.82, 2.24) is 14.5 Å². The molecule has 1 N–H and O–H groups in total. The van der Waals surface area contributed by atoms with Crippen molar-refractivity contribution in [2.45, 2.75) is 0 Å². The van der Waals surface area contributed by atoms with Crippen molar-refractivity contribution in [3.63, 3.8) is 0 Å². The van der Waals surface area contributed by atoms with Crippen LogP contribution in [0.15, 0.2) is 24.3 Å². The normalized spacial score (nSPS) is 15.7. The highest BCUT2D eigenvalue weighted by Gasteiger charge is 2.20. The maximum absolute atomic E-state index is 13.0. The van der Waals surface area contributed by atoms with Crippen LogP contribution in [0.3, 0.4) is 0 Å². The zero-order chi connectivity index (χ0) is 17.5. The zero-order valence-electron chi connectivity index (χ0n) is 13.3. The molecular formula is C16H19ClFN3O2S. The number of rotatable bonds is 5. The van der Waals surface area contributed by atoms with E-state index in [1.54, 1.807) is 16.8 Å². The van der Waals surface area contributed by atoms with Gasteiger partial charge in [0.15, 0.2) is 0 Å². The molecule has 1 aliphatic heterocycles. The van der Waals surface area contributed by atoms with Gasteiger partial charge in [-0.1, -0.05) is 29.6 Å². The minimum atomic E-state index is -0.509. The van der Waals surface area contributed by atoms with Crippen LogP contribution in [0.1, 0.15) is 5.56 Å². The first kappa shape index (κ1) is 18.8. The SMILES string of the molecule is CSN1CCN(C(=O)CNC(=O)/C=C/c2ccc(F)c(Cl)c2)CC1. The fourth-order valence-corrected chi connectivity index (χ4v) is 2.96. The second-order valence-corrected chi connectivity index (χ2v) is 6.51. The molecule has 2 amide bonds. The standard InChI is InChI=1S/C16H19ClFN3O2S/c1-24-21-8-6-20(7-9-21)16(23)11-19-15(22)5-3-12-2-4-14(18)13(17)10-12/h2-5,10H,6-9,11H2,1H3,(H,19,22)/b5-3+. The van der Waals surface area contributed by atoms with Gasteiger partial charge in [0, 0.05) is 32.3 Å². The fraction of sp³-hybridized carbons (Fsp3) is 0.375. The molecule has 0 atom stereocenters. The Labute approximate surface area is 150 Å². The number of nitrogens with zero attached hydrogens (tertiary/aromatic N) is 2. The zero-order valence-corrected chi connectivity index (χ0v) is 14.9. The molecule has 1 aromatic carbocycles. The lowest BCUT2D eigenvalue weighted by Gasteiger charge is -2.33. The Morgan fingerprint density at radius 1 is 1.33 bits per heavy atom. The van der Waals surface area contributed by atoms with Crippen molar-refractivity contribution in [3.05, 3.63) is 40.7 Å². The summed E-state index contributed by atoms with van der Waals surface area (Å²) in [5, 5.41) is 2.56. The Morgan fingerprint density at radius 3 is 2.67 bits per heavy atom. The smallest absolute Gasteiger partial charge is 0.244 e. The largest absolute Gasteiger partial charge is 0.343 e. The van der Waals surface area contributed by atoms with Gasteiger partial charge in [0.1, 0.15) is 5.82 Å². The van der Waals surface area contributed by atoms with Crippen LogP contribution in [0.2, 0.25) is 5.02 Å². The molecule has 0 saturated carbocycles. The molecular weight excluding hydrogens is 353 g/mol. The molecule has 0 radical (unpaired) electrons. The van der Waals surface area contributed by atoms with Crippen LogP contribution < -0.4 is 5.32 Å². The summed E-state index contributed by atoms with van der Waals surface area (Å²) >= 11 is 7.34. The average molecular weight is 372 g/mol. The molecule has 130 valence electrons. The van der Waals surface area contributed by atoms with Crippen LogP contribution in [0.25, 0.3) is 6.08 Å². The lowest BCUT2D eigenvalue weighted by molar-refractivity contribution is -0.133. The summed E-state index contributed by atoms with van der Waals surface area (Å²) in [6.07, 6.45) is 4.82. The molecule has 8 heteroatoms. The number of halogens is 2. The molecule has 1 aliphatic rings. The summed E-state index contributed by atoms with van der Waals surface area (Å²) in [7, 11) is 0. The summed E-state index contributed by atoms with van der Waals surface area (Å²) in [5.41, 5.74) is 0.607. The Hall–Kier alpha value is -1.57. The molecule has 0 bridgehead atoms. The van der Waals surface area contributed by atoms with Crippen LogP contribution in [-0.2, 0) is 9.59 Å². The molecule has 1 saturated heterocycles. The quantitative estimate of drug-likeness (QED) is 0.635. The number of amides is 2. The third-order valence-electron chi connectivity index (χ3n) is 3.63. The minimum absolute atomic E-state index is 0.00267. The predicted molar refractivity (Wildman–Crippen MR) is 95.1 cm³/mol. The van der Waals surface area contributed by atoms with E-state index in [1.807, 2.05) is 6.26 Å². The molecule has 0 aromatic heterocycles. The van der Waals surface area contributed by atoms with Gasteiger partial charge in [0.2, 0.25) is 11.8 Å². The van der Waals surface area contributed by atoms with E-state index in [0.29, 0.717) is 18.7 Å². The summed E-state index contributed by atoms with van der Waals surface area (Å²) in [4.78, 5) is 25.6. The third-order valence-corrected chi connectivity index (χ3v) is 4.81. The number of nitrogens with one attached hydrogen (secondary N) is 1. The van der Waals surface area contributed by atoms with E-state index < -0.39 is 5.82 Å². The highest BCUT2D eigenvalue weighted by Crippen LogP contribution is 2.16. The number of carbonyl (C=O) groups excluding carboxylic acids is 2. The first-order chi connectivity index (χ1) is 11.5. The Morgan fingerprint density at radius 2 is 2.04 bits per heavy atom. The van der Waals surface area contributed by atoms with E-state index in [-0.39, 0.29) is 23.4 Å². The second-order valence-electron chi connectivity index (χ2n) is 5.22. The van der Waals surface area contributed by atoms with Crippen molar-refractivity contribution in [3.8, 4) is 0 Å². The molecule has 1 aromatic rings.